The number of hydrogen-bond donors (Lipinski definition) is 2. The maximum absolute atomic E-state index is 10.2. The van der Waals surface area contributed by atoms with Gasteiger partial charge in [-0.2, -0.15) is 0 Å². The fourth-order valence-electron chi connectivity index (χ4n) is 5.02. The lowest BCUT2D eigenvalue weighted by Gasteiger charge is -2.40. The maximum Gasteiger partial charge on any atom is 0.135 e. The number of halogens is 1. The summed E-state index contributed by atoms with van der Waals surface area (Å²) in [5.41, 5.74) is 4.72. The van der Waals surface area contributed by atoms with Crippen LogP contribution in [0.4, 0.5) is 11.5 Å². The highest BCUT2D eigenvalue weighted by atomic mass is 35.5. The van der Waals surface area contributed by atoms with Crippen molar-refractivity contribution in [1.29, 1.82) is 0 Å². The minimum atomic E-state index is -0.453. The zero-order valence-electron chi connectivity index (χ0n) is 14.9. The van der Waals surface area contributed by atoms with Crippen LogP contribution in [-0.2, 0) is 5.41 Å². The lowest BCUT2D eigenvalue weighted by molar-refractivity contribution is 0.170. The molecular formula is C20H23ClN4O. The smallest absolute Gasteiger partial charge is 0.135 e. The average molecular weight is 371 g/mol. The van der Waals surface area contributed by atoms with Gasteiger partial charge in [0.1, 0.15) is 12.1 Å². The highest BCUT2D eigenvalue weighted by Crippen LogP contribution is 2.47. The molecule has 2 aliphatic heterocycles. The van der Waals surface area contributed by atoms with Crippen LogP contribution in [0, 0.1) is 0 Å². The Bertz CT molecular complexity index is 863. The lowest BCUT2D eigenvalue weighted by atomic mass is 9.74. The third kappa shape index (κ3) is 2.33. The molecule has 2 atom stereocenters. The number of hydrogen-bond acceptors (Lipinski definition) is 5. The Morgan fingerprint density at radius 2 is 2.08 bits per heavy atom. The molecule has 1 saturated heterocycles. The van der Waals surface area contributed by atoms with Crippen LogP contribution in [0.1, 0.15) is 55.0 Å². The molecule has 0 bridgehead atoms. The van der Waals surface area contributed by atoms with Gasteiger partial charge in [-0.15, -0.1) is 0 Å². The first-order chi connectivity index (χ1) is 12.6. The maximum atomic E-state index is 10.2. The van der Waals surface area contributed by atoms with Crippen molar-refractivity contribution < 1.29 is 5.11 Å². The Morgan fingerprint density at radius 3 is 2.88 bits per heavy atom. The van der Waals surface area contributed by atoms with Crippen LogP contribution in [0.3, 0.4) is 0 Å². The number of nitrogens with one attached hydrogen (secondary N) is 1. The van der Waals surface area contributed by atoms with E-state index in [0.717, 1.165) is 61.0 Å². The van der Waals surface area contributed by atoms with Crippen molar-refractivity contribution >= 4 is 23.1 Å². The van der Waals surface area contributed by atoms with E-state index in [4.69, 9.17) is 11.6 Å². The number of anilines is 2. The molecule has 2 aromatic rings. The molecule has 0 saturated carbocycles. The van der Waals surface area contributed by atoms with Crippen LogP contribution >= 0.6 is 11.6 Å². The number of nitrogens with zero attached hydrogens (tertiary/aromatic N) is 3. The van der Waals surface area contributed by atoms with E-state index in [0.29, 0.717) is 5.92 Å². The molecule has 26 heavy (non-hydrogen) atoms. The van der Waals surface area contributed by atoms with Gasteiger partial charge in [0.25, 0.3) is 0 Å². The number of benzene rings is 1. The number of aromatic nitrogens is 2. The molecule has 0 radical (unpaired) electrons. The Morgan fingerprint density at radius 1 is 1.27 bits per heavy atom. The van der Waals surface area contributed by atoms with Gasteiger partial charge in [-0.1, -0.05) is 18.5 Å². The van der Waals surface area contributed by atoms with Crippen LogP contribution in [0.2, 0.25) is 5.02 Å². The van der Waals surface area contributed by atoms with Crippen LogP contribution in [-0.4, -0.2) is 34.7 Å². The molecule has 136 valence electrons. The third-order valence-electron chi connectivity index (χ3n) is 6.47. The predicted octanol–water partition coefficient (Wildman–Crippen LogP) is 3.63. The molecular weight excluding hydrogens is 348 g/mol. The summed E-state index contributed by atoms with van der Waals surface area (Å²) in [4.78, 5) is 11.3. The van der Waals surface area contributed by atoms with Crippen molar-refractivity contribution in [3.63, 3.8) is 0 Å². The summed E-state index contributed by atoms with van der Waals surface area (Å²) < 4.78 is 0. The summed E-state index contributed by atoms with van der Waals surface area (Å²) in [5, 5.41) is 14.6. The minimum Gasteiger partial charge on any atom is -0.387 e. The average Bonchev–Trinajstić information content (AvgIpc) is 3.14. The van der Waals surface area contributed by atoms with E-state index in [2.05, 4.69) is 39.2 Å². The topological polar surface area (TPSA) is 61.3 Å². The standard InChI is InChI=1S/C20H23ClN4O/c1-12-8-16(26)18-17(12)19(24-11-23-18)25-6-4-20(5-7-25)10-22-15-3-2-13(21)9-14(15)20/h2-3,9,11-12,16,22,26H,4-8,10H2,1H3/t12-,16-/m1/s1. The number of fused-ring (bicyclic) bond motifs is 3. The molecule has 3 heterocycles. The molecule has 1 spiro atoms. The van der Waals surface area contributed by atoms with E-state index in [1.165, 1.54) is 11.3 Å². The van der Waals surface area contributed by atoms with Crippen molar-refractivity contribution in [2.24, 2.45) is 0 Å². The summed E-state index contributed by atoms with van der Waals surface area (Å²) in [5.74, 6) is 1.32. The molecule has 1 aliphatic carbocycles. The first-order valence-corrected chi connectivity index (χ1v) is 9.77. The molecule has 1 aromatic carbocycles. The number of aliphatic hydroxyl groups is 1. The van der Waals surface area contributed by atoms with E-state index >= 15 is 0 Å². The quantitative estimate of drug-likeness (QED) is 0.802. The second-order valence-corrected chi connectivity index (χ2v) is 8.40. The van der Waals surface area contributed by atoms with E-state index in [1.807, 2.05) is 6.07 Å². The van der Waals surface area contributed by atoms with Gasteiger partial charge in [0.15, 0.2) is 0 Å². The molecule has 1 aromatic heterocycles. The van der Waals surface area contributed by atoms with Gasteiger partial charge in [-0.25, -0.2) is 9.97 Å². The second kappa shape index (κ2) is 5.83. The van der Waals surface area contributed by atoms with Gasteiger partial charge in [-0.3, -0.25) is 0 Å². The highest BCUT2D eigenvalue weighted by Gasteiger charge is 2.43. The Labute approximate surface area is 158 Å². The fraction of sp³-hybridized carbons (Fsp3) is 0.500. The van der Waals surface area contributed by atoms with Gasteiger partial charge in [0.2, 0.25) is 0 Å². The molecule has 0 unspecified atom stereocenters. The molecule has 0 amide bonds. The summed E-state index contributed by atoms with van der Waals surface area (Å²) in [7, 11) is 0. The summed E-state index contributed by atoms with van der Waals surface area (Å²) in [6.45, 7) is 5.06. The molecule has 6 heteroatoms. The van der Waals surface area contributed by atoms with Crippen LogP contribution in [0.5, 0.6) is 0 Å². The number of aliphatic hydroxyl groups excluding tert-OH is 1. The Kier molecular flexibility index (Phi) is 3.66. The van der Waals surface area contributed by atoms with Crippen molar-refractivity contribution in [3.05, 3.63) is 46.4 Å². The SMILES string of the molecule is C[C@@H]1C[C@@H](O)c2ncnc(N3CCC4(CC3)CNc3ccc(Cl)cc34)c21. The van der Waals surface area contributed by atoms with Crippen LogP contribution in [0.25, 0.3) is 0 Å². The van der Waals surface area contributed by atoms with Crippen molar-refractivity contribution in [2.75, 3.05) is 29.9 Å². The Hall–Kier alpha value is -1.85. The van der Waals surface area contributed by atoms with Crippen LogP contribution < -0.4 is 10.2 Å². The van der Waals surface area contributed by atoms with Crippen LogP contribution in [0.15, 0.2) is 24.5 Å². The van der Waals surface area contributed by atoms with Gasteiger partial charge in [0.05, 0.1) is 11.8 Å². The number of rotatable bonds is 1. The summed E-state index contributed by atoms with van der Waals surface area (Å²) >= 11 is 6.27. The second-order valence-electron chi connectivity index (χ2n) is 7.96. The Balaban J connectivity index is 1.43. The highest BCUT2D eigenvalue weighted by molar-refractivity contribution is 6.30. The normalized spacial score (nSPS) is 25.9. The third-order valence-corrected chi connectivity index (χ3v) is 6.70. The largest absolute Gasteiger partial charge is 0.387 e. The monoisotopic (exact) mass is 370 g/mol. The number of piperidine rings is 1. The van der Waals surface area contributed by atoms with Crippen molar-refractivity contribution in [3.8, 4) is 0 Å². The fourth-order valence-corrected chi connectivity index (χ4v) is 5.19. The van der Waals surface area contributed by atoms with E-state index < -0.39 is 6.10 Å². The molecule has 3 aliphatic rings. The summed E-state index contributed by atoms with van der Waals surface area (Å²) in [6, 6.07) is 6.19. The zero-order valence-corrected chi connectivity index (χ0v) is 15.6. The van der Waals surface area contributed by atoms with Crippen molar-refractivity contribution in [1.82, 2.24) is 9.97 Å². The molecule has 5 rings (SSSR count). The van der Waals surface area contributed by atoms with Crippen molar-refractivity contribution in [2.45, 2.75) is 43.6 Å². The molecule has 5 nitrogen and oxygen atoms in total. The molecule has 2 N–H and O–H groups in total. The van der Waals surface area contributed by atoms with Gasteiger partial charge in [-0.05, 0) is 48.9 Å². The van der Waals surface area contributed by atoms with E-state index in [1.54, 1.807) is 6.33 Å². The summed E-state index contributed by atoms with van der Waals surface area (Å²) in [6.07, 6.45) is 4.04. The molecule has 1 fully saturated rings. The van der Waals surface area contributed by atoms with Gasteiger partial charge >= 0.3 is 0 Å². The van der Waals surface area contributed by atoms with E-state index in [-0.39, 0.29) is 5.41 Å². The lowest BCUT2D eigenvalue weighted by Crippen LogP contribution is -2.44. The zero-order chi connectivity index (χ0) is 17.9. The van der Waals surface area contributed by atoms with Gasteiger partial charge in [0, 0.05) is 41.3 Å². The first kappa shape index (κ1) is 16.3. The van der Waals surface area contributed by atoms with E-state index in [9.17, 15) is 5.11 Å². The minimum absolute atomic E-state index is 0.165. The predicted molar refractivity (Wildman–Crippen MR) is 103 cm³/mol. The van der Waals surface area contributed by atoms with Gasteiger partial charge < -0.3 is 15.3 Å². The first-order valence-electron chi connectivity index (χ1n) is 9.39.